The van der Waals surface area contributed by atoms with E-state index in [2.05, 4.69) is 68.9 Å². The Kier molecular flexibility index (Phi) is 8.45. The van der Waals surface area contributed by atoms with Gasteiger partial charge in [0.05, 0.1) is 0 Å². The summed E-state index contributed by atoms with van der Waals surface area (Å²) in [5.41, 5.74) is 1.46. The summed E-state index contributed by atoms with van der Waals surface area (Å²) in [6.07, 6.45) is 7.76. The number of hydrogen-bond donors (Lipinski definition) is 0. The second kappa shape index (κ2) is 11.5. The first-order chi connectivity index (χ1) is 15.2. The molecule has 0 aliphatic carbocycles. The van der Waals surface area contributed by atoms with Gasteiger partial charge in [-0.25, -0.2) is 0 Å². The molecule has 2 aliphatic rings. The third-order valence-electron chi connectivity index (χ3n) is 7.16. The highest BCUT2D eigenvalue weighted by Crippen LogP contribution is 2.29. The molecule has 0 unspecified atom stereocenters. The molecule has 31 heavy (non-hydrogen) atoms. The van der Waals surface area contributed by atoms with Crippen LogP contribution in [0.5, 0.6) is 0 Å². The molecule has 2 fully saturated rings. The Balaban J connectivity index is 1.20. The van der Waals surface area contributed by atoms with Gasteiger partial charge in [-0.1, -0.05) is 55.4 Å². The van der Waals surface area contributed by atoms with Gasteiger partial charge in [0.15, 0.2) is 5.16 Å². The first-order valence-corrected chi connectivity index (χ1v) is 13.2. The normalized spacial score (nSPS) is 20.2. The van der Waals surface area contributed by atoms with Crippen molar-refractivity contribution in [2.45, 2.75) is 62.4 Å². The Morgan fingerprint density at radius 2 is 1.65 bits per heavy atom. The van der Waals surface area contributed by atoms with E-state index in [0.717, 1.165) is 10.9 Å². The summed E-state index contributed by atoms with van der Waals surface area (Å²) in [7, 11) is 2.16. The quantitative estimate of drug-likeness (QED) is 0.524. The third kappa shape index (κ3) is 6.33. The predicted octanol–water partition coefficient (Wildman–Crippen LogP) is 4.77. The van der Waals surface area contributed by atoms with Crippen LogP contribution in [0.3, 0.4) is 0 Å². The lowest BCUT2D eigenvalue weighted by Gasteiger charge is -2.32. The minimum atomic E-state index is 0.553. The van der Waals surface area contributed by atoms with Gasteiger partial charge in [-0.2, -0.15) is 0 Å². The van der Waals surface area contributed by atoms with Crippen molar-refractivity contribution in [1.82, 2.24) is 24.6 Å². The van der Waals surface area contributed by atoms with Crippen molar-refractivity contribution < 1.29 is 0 Å². The summed E-state index contributed by atoms with van der Waals surface area (Å²) < 4.78 is 2.26. The zero-order valence-electron chi connectivity index (χ0n) is 19.4. The van der Waals surface area contributed by atoms with Crippen molar-refractivity contribution >= 4 is 11.8 Å². The molecule has 0 amide bonds. The van der Waals surface area contributed by atoms with Crippen molar-refractivity contribution in [3.8, 4) is 0 Å². The Bertz CT molecular complexity index is 778. The van der Waals surface area contributed by atoms with Crippen molar-refractivity contribution in [2.75, 3.05) is 45.0 Å². The topological polar surface area (TPSA) is 37.2 Å². The second-order valence-corrected chi connectivity index (χ2v) is 10.4. The predicted molar refractivity (Wildman–Crippen MR) is 130 cm³/mol. The Morgan fingerprint density at radius 1 is 0.935 bits per heavy atom. The molecule has 0 N–H and O–H groups in total. The van der Waals surface area contributed by atoms with Gasteiger partial charge in [0, 0.05) is 25.3 Å². The second-order valence-electron chi connectivity index (χ2n) is 9.37. The zero-order valence-corrected chi connectivity index (χ0v) is 20.2. The first kappa shape index (κ1) is 22.8. The van der Waals surface area contributed by atoms with Crippen LogP contribution < -0.4 is 0 Å². The van der Waals surface area contributed by atoms with Crippen LogP contribution in [0.25, 0.3) is 0 Å². The lowest BCUT2D eigenvalue weighted by molar-refractivity contribution is 0.202. The van der Waals surface area contributed by atoms with Crippen molar-refractivity contribution in [3.05, 3.63) is 41.7 Å². The summed E-state index contributed by atoms with van der Waals surface area (Å²) in [6.45, 7) is 9.62. The monoisotopic (exact) mass is 441 g/mol. The minimum Gasteiger partial charge on any atom is -0.309 e. The van der Waals surface area contributed by atoms with Gasteiger partial charge in [-0.3, -0.25) is 0 Å². The SMILES string of the molecule is C[C@H](CCN1CCC(c2nnc(SCCN3CCCCC3)n2C)CC1)c1ccccc1. The van der Waals surface area contributed by atoms with Gasteiger partial charge in [0.25, 0.3) is 0 Å². The third-order valence-corrected chi connectivity index (χ3v) is 8.16. The standard InChI is InChI=1S/C25H39N5S/c1-21(22-9-5-3-6-10-22)11-16-30-17-12-23(13-18-30)24-26-27-25(28(24)2)31-20-19-29-14-7-4-8-15-29/h3,5-6,9-10,21,23H,4,7-8,11-20H2,1-2H3/t21-/m1/s1. The maximum absolute atomic E-state index is 4.60. The maximum Gasteiger partial charge on any atom is 0.191 e. The van der Waals surface area contributed by atoms with Crippen LogP contribution in [0.2, 0.25) is 0 Å². The minimum absolute atomic E-state index is 0.553. The van der Waals surface area contributed by atoms with Crippen LogP contribution in [-0.4, -0.2) is 69.6 Å². The van der Waals surface area contributed by atoms with E-state index < -0.39 is 0 Å². The van der Waals surface area contributed by atoms with Crippen molar-refractivity contribution in [1.29, 1.82) is 0 Å². The number of aromatic nitrogens is 3. The molecule has 4 rings (SSSR count). The highest BCUT2D eigenvalue weighted by molar-refractivity contribution is 7.99. The van der Waals surface area contributed by atoms with E-state index >= 15 is 0 Å². The van der Waals surface area contributed by atoms with Gasteiger partial charge >= 0.3 is 0 Å². The van der Waals surface area contributed by atoms with Crippen molar-refractivity contribution in [2.24, 2.45) is 7.05 Å². The van der Waals surface area contributed by atoms with Crippen LogP contribution in [0.1, 0.15) is 68.7 Å². The molecule has 1 aromatic heterocycles. The Morgan fingerprint density at radius 3 is 2.39 bits per heavy atom. The fourth-order valence-corrected chi connectivity index (χ4v) is 5.91. The molecule has 1 atom stereocenters. The fourth-order valence-electron chi connectivity index (χ4n) is 5.00. The summed E-state index contributed by atoms with van der Waals surface area (Å²) in [6, 6.07) is 10.9. The largest absolute Gasteiger partial charge is 0.309 e. The highest BCUT2D eigenvalue weighted by atomic mass is 32.2. The lowest BCUT2D eigenvalue weighted by atomic mass is 9.94. The van der Waals surface area contributed by atoms with Crippen LogP contribution in [0.15, 0.2) is 35.5 Å². The fraction of sp³-hybridized carbons (Fsp3) is 0.680. The summed E-state index contributed by atoms with van der Waals surface area (Å²) in [4.78, 5) is 5.24. The van der Waals surface area contributed by atoms with E-state index in [4.69, 9.17) is 0 Å². The molecule has 0 radical (unpaired) electrons. The van der Waals surface area contributed by atoms with Gasteiger partial charge in [-0.05, 0) is 76.3 Å². The van der Waals surface area contributed by atoms with E-state index in [1.807, 2.05) is 11.8 Å². The molecule has 2 aliphatic heterocycles. The lowest BCUT2D eigenvalue weighted by Crippen LogP contribution is -2.34. The molecule has 2 saturated heterocycles. The number of hydrogen-bond acceptors (Lipinski definition) is 5. The van der Waals surface area contributed by atoms with Crippen LogP contribution in [-0.2, 0) is 7.05 Å². The number of rotatable bonds is 9. The Hall–Kier alpha value is -1.37. The van der Waals surface area contributed by atoms with E-state index in [0.29, 0.717) is 11.8 Å². The average molecular weight is 442 g/mol. The average Bonchev–Trinajstić information content (AvgIpc) is 3.19. The zero-order chi connectivity index (χ0) is 21.5. The molecule has 0 saturated carbocycles. The molecule has 2 aromatic rings. The van der Waals surface area contributed by atoms with E-state index in [-0.39, 0.29) is 0 Å². The van der Waals surface area contributed by atoms with Gasteiger partial charge in [0.2, 0.25) is 0 Å². The number of benzene rings is 1. The van der Waals surface area contributed by atoms with Gasteiger partial charge in [0.1, 0.15) is 5.82 Å². The molecule has 0 spiro atoms. The maximum atomic E-state index is 4.60. The van der Waals surface area contributed by atoms with Crippen LogP contribution in [0, 0.1) is 0 Å². The Labute approximate surface area is 192 Å². The number of nitrogens with zero attached hydrogens (tertiary/aromatic N) is 5. The summed E-state index contributed by atoms with van der Waals surface area (Å²) in [5, 5.41) is 10.2. The summed E-state index contributed by atoms with van der Waals surface area (Å²) >= 11 is 1.87. The molecule has 1 aromatic carbocycles. The van der Waals surface area contributed by atoms with E-state index in [1.54, 1.807) is 0 Å². The van der Waals surface area contributed by atoms with Crippen molar-refractivity contribution in [3.63, 3.8) is 0 Å². The number of piperidine rings is 2. The van der Waals surface area contributed by atoms with Gasteiger partial charge in [-0.15, -0.1) is 10.2 Å². The van der Waals surface area contributed by atoms with Crippen LogP contribution in [0.4, 0.5) is 0 Å². The molecular formula is C25H39N5S. The number of likely N-dealkylation sites (tertiary alicyclic amines) is 2. The molecule has 170 valence electrons. The molecule has 6 heteroatoms. The smallest absolute Gasteiger partial charge is 0.191 e. The molecule has 5 nitrogen and oxygen atoms in total. The molecular weight excluding hydrogens is 402 g/mol. The highest BCUT2D eigenvalue weighted by Gasteiger charge is 2.25. The first-order valence-electron chi connectivity index (χ1n) is 12.2. The summed E-state index contributed by atoms with van der Waals surface area (Å²) in [5.74, 6) is 3.49. The number of thioether (sulfide) groups is 1. The molecule has 3 heterocycles. The van der Waals surface area contributed by atoms with Crippen LogP contribution >= 0.6 is 11.8 Å². The molecule has 0 bridgehead atoms. The van der Waals surface area contributed by atoms with E-state index in [1.165, 1.54) is 89.2 Å². The van der Waals surface area contributed by atoms with E-state index in [9.17, 15) is 0 Å². The van der Waals surface area contributed by atoms with Gasteiger partial charge < -0.3 is 14.4 Å².